The van der Waals surface area contributed by atoms with Crippen LogP contribution >= 0.6 is 0 Å². The second-order valence-electron chi connectivity index (χ2n) is 29.1. The maximum absolute atomic E-state index is 12.4. The summed E-state index contributed by atoms with van der Waals surface area (Å²) in [7, 11) is 0. The van der Waals surface area contributed by atoms with Crippen LogP contribution in [-0.4, -0.2) is 235 Å². The highest BCUT2D eigenvalue weighted by atomic mass is 17.1. The van der Waals surface area contributed by atoms with E-state index in [2.05, 4.69) is 67.7 Å². The van der Waals surface area contributed by atoms with Crippen molar-refractivity contribution in [3.8, 4) is 0 Å². The lowest BCUT2D eigenvalue weighted by molar-refractivity contribution is -0.303. The van der Waals surface area contributed by atoms with Gasteiger partial charge in [-0.05, 0) is 82.6 Å². The molecule has 30 heteroatoms. The number of aliphatic carboxylic acids is 2. The van der Waals surface area contributed by atoms with Crippen LogP contribution in [-0.2, 0) is 62.1 Å². The maximum Gasteiger partial charge on any atom is 1.00 e. The molecule has 0 aromatic heterocycles. The number of fused-ring (bicyclic) bond motifs is 1. The van der Waals surface area contributed by atoms with E-state index in [1.165, 1.54) is 50.7 Å². The number of hydrogen-bond acceptors (Lipinski definition) is 28. The quantitative estimate of drug-likeness (QED) is 0.00518. The minimum atomic E-state index is -2.51. The van der Waals surface area contributed by atoms with Gasteiger partial charge in [-0.1, -0.05) is 231 Å². The third-order valence-electron chi connectivity index (χ3n) is 19.7. The zero-order chi connectivity index (χ0) is 84.5. The fourth-order valence-corrected chi connectivity index (χ4v) is 13.1. The molecular formula is C82H140O30. The number of cyclic esters (lactones) is 1. The molecule has 4 fully saturated rings. The van der Waals surface area contributed by atoms with Crippen molar-refractivity contribution in [2.75, 3.05) is 19.8 Å². The first-order valence-corrected chi connectivity index (χ1v) is 40.6. The van der Waals surface area contributed by atoms with Crippen molar-refractivity contribution in [2.24, 2.45) is 17.8 Å². The van der Waals surface area contributed by atoms with E-state index >= 15 is 0 Å². The number of carboxylic acid groups (broad SMARTS) is 2. The fraction of sp³-hybridized carbons (Fsp3) is 0.768. The van der Waals surface area contributed by atoms with Gasteiger partial charge in [0.15, 0.2) is 36.5 Å². The van der Waals surface area contributed by atoms with E-state index in [0.717, 1.165) is 148 Å². The molecule has 0 spiro atoms. The van der Waals surface area contributed by atoms with Gasteiger partial charge < -0.3 is 110 Å². The van der Waals surface area contributed by atoms with Crippen LogP contribution in [0.4, 0.5) is 0 Å². The van der Waals surface area contributed by atoms with Crippen LogP contribution < -0.4 is 5.11 Å². The third-order valence-corrected chi connectivity index (χ3v) is 19.7. The van der Waals surface area contributed by atoms with Gasteiger partial charge in [-0.2, -0.15) is 0 Å². The molecule has 0 bridgehead atoms. The zero-order valence-corrected chi connectivity index (χ0v) is 67.0. The van der Waals surface area contributed by atoms with Gasteiger partial charge in [-0.25, -0.2) is 14.5 Å². The zero-order valence-electron chi connectivity index (χ0n) is 68.0. The summed E-state index contributed by atoms with van der Waals surface area (Å²) in [4.78, 5) is 80.9. The summed E-state index contributed by atoms with van der Waals surface area (Å²) in [6.07, 6.45) is 39.2. The summed E-state index contributed by atoms with van der Waals surface area (Å²) in [5.41, 5.74) is -4.88. The SMILES string of the molecule is CCCCCC(/C=C/C=C\CCCCCCCC(=O)O)OO.CCCCCC(C)/C=C/C=C\CCCCCCCC(=O)O.CCCCCC(O)/C=C/C=O.CCCCCC(O)C(CC=O)C1(O)C(=O)C(C(O)CO)OC1O.CCCCCC1OC(O)CC1C1(O)C(=O)OC2C(O)COC21O.O=C1OC(C(O)CO)C(O)=C1[O-].[H+]. The van der Waals surface area contributed by atoms with Crippen molar-refractivity contribution in [3.05, 3.63) is 72.3 Å². The summed E-state index contributed by atoms with van der Waals surface area (Å²) in [5.74, 6) is -10.5. The molecule has 5 aliphatic rings. The van der Waals surface area contributed by atoms with Crippen LogP contribution in [0.5, 0.6) is 0 Å². The molecule has 5 heterocycles. The molecule has 0 amide bonds. The predicted molar refractivity (Wildman–Crippen MR) is 414 cm³/mol. The van der Waals surface area contributed by atoms with Gasteiger partial charge in [0.05, 0.1) is 38.1 Å². The minimum Gasteiger partial charge on any atom is -0.865 e. The molecule has 112 heavy (non-hydrogen) atoms. The van der Waals surface area contributed by atoms with Gasteiger partial charge in [0.2, 0.25) is 17.2 Å². The lowest BCUT2D eigenvalue weighted by Crippen LogP contribution is -2.63. The van der Waals surface area contributed by atoms with Crippen LogP contribution in [0.1, 0.15) is 274 Å². The highest BCUT2D eigenvalue weighted by Gasteiger charge is 2.77. The van der Waals surface area contributed by atoms with Crippen molar-refractivity contribution in [2.45, 2.75) is 363 Å². The lowest BCUT2D eigenvalue weighted by atomic mass is 9.75. The molecule has 4 saturated heterocycles. The van der Waals surface area contributed by atoms with E-state index < -0.39 is 151 Å². The Labute approximate surface area is 663 Å². The number of aliphatic hydroxyl groups excluding tert-OH is 10. The van der Waals surface area contributed by atoms with Crippen molar-refractivity contribution < 1.29 is 151 Å². The average molecular weight is 1610 g/mol. The number of ketones is 1. The van der Waals surface area contributed by atoms with Gasteiger partial charge in [-0.3, -0.25) is 24.4 Å². The van der Waals surface area contributed by atoms with Crippen LogP contribution in [0.25, 0.3) is 0 Å². The number of aliphatic hydroxyl groups is 13. The molecular weight excluding hydrogens is 1460 g/mol. The second-order valence-corrected chi connectivity index (χ2v) is 29.1. The number of allylic oxidation sites excluding steroid dienone is 8. The summed E-state index contributed by atoms with van der Waals surface area (Å²) in [6, 6.07) is 0. The number of carboxylic acids is 2. The van der Waals surface area contributed by atoms with Crippen molar-refractivity contribution in [1.82, 2.24) is 0 Å². The Kier molecular flexibility index (Phi) is 59.3. The first-order valence-electron chi connectivity index (χ1n) is 40.6. The molecule has 18 unspecified atom stereocenters. The maximum atomic E-state index is 12.4. The standard InChI is InChI=1S/C19H34O2.C18H32O4.C15H24O8.C15H26O8.C9H16O2.C6H8O6/c1-3-4-12-15-18(2)16-13-10-8-6-5-7-9-11-14-17-19(20)21;1-2-3-11-14-17(22-21)15-12-9-7-5-4-6-8-10-13-16-18(19)20;1-2-3-4-5-10-8(6-11(17)22-10)14(19)13(18)23-12-9(16)7-21-15(12,14)20;1-2-3-4-5-10(18)9(6-7-16)15(22)13(20)12(11(19)8-17)23-14(15)21;1-2-3-4-6-9(11)7-5-8-10;7-1-2(8)5-3(9)4(10)6(11)12-5/h8,10,13,16,18H,3-7,9,11-12,14-15,17H2,1-2H3,(H,20,21);7,9,12,15,17,21H,2-6,8,10-11,13-14,16H2,1H3,(H,19,20);8-12,16-17,19-20H,2-7H2,1H3;7,9-12,14,17-19,21-22H,2-6,8H2,1H3;5,7-9,11H,2-4,6H2,1H3;2,5,7-10H,1H2/b10-8-,16-13+;9-7-,15-12+;;;7-5+;. The smallest absolute Gasteiger partial charge is 0.865 e. The highest BCUT2D eigenvalue weighted by molar-refractivity contribution is 5.94. The average Bonchev–Trinajstić information content (AvgIpc) is 1.54. The Hall–Kier alpha value is -5.75. The highest BCUT2D eigenvalue weighted by Crippen LogP contribution is 2.51. The number of esters is 2. The fourth-order valence-electron chi connectivity index (χ4n) is 13.1. The van der Waals surface area contributed by atoms with E-state index in [1.807, 2.05) is 32.1 Å². The number of unbranched alkanes of at least 4 members (excludes halogenated alkanes) is 20. The summed E-state index contributed by atoms with van der Waals surface area (Å²) in [5, 5.41) is 162. The van der Waals surface area contributed by atoms with Crippen LogP contribution in [0, 0.1) is 17.8 Å². The van der Waals surface area contributed by atoms with Crippen LogP contribution in [0.2, 0.25) is 0 Å². The van der Waals surface area contributed by atoms with E-state index in [-0.39, 0.29) is 39.8 Å². The number of rotatable bonds is 52. The van der Waals surface area contributed by atoms with E-state index in [0.29, 0.717) is 37.8 Å². The number of aldehydes is 2. The Morgan fingerprint density at radius 3 is 1.62 bits per heavy atom. The monoisotopic (exact) mass is 1600 g/mol. The lowest BCUT2D eigenvalue weighted by Gasteiger charge is -2.37. The van der Waals surface area contributed by atoms with Gasteiger partial charge in [-0.15, -0.1) is 0 Å². The van der Waals surface area contributed by atoms with Crippen molar-refractivity contribution in [3.63, 3.8) is 0 Å². The van der Waals surface area contributed by atoms with Gasteiger partial charge in [0.25, 0.3) is 0 Å². The van der Waals surface area contributed by atoms with Gasteiger partial charge >= 0.3 is 25.3 Å². The van der Waals surface area contributed by atoms with Crippen molar-refractivity contribution >= 4 is 42.2 Å². The summed E-state index contributed by atoms with van der Waals surface area (Å²) in [6.45, 7) is 11.1. The van der Waals surface area contributed by atoms with Gasteiger partial charge in [0, 0.05) is 43.3 Å². The van der Waals surface area contributed by atoms with Crippen molar-refractivity contribution in [1.29, 1.82) is 0 Å². The third kappa shape index (κ3) is 39.7. The minimum absolute atomic E-state index is 0. The molecule has 18 atom stereocenters. The molecule has 648 valence electrons. The number of Topliss-reactive ketones (excluding diaryl/α,β-unsaturated/α-hetero) is 1. The number of carbonyl (C=O) groups is 7. The van der Waals surface area contributed by atoms with Gasteiger partial charge in [0.1, 0.15) is 42.7 Å². The molecule has 0 saturated carbocycles. The molecule has 0 aromatic carbocycles. The first-order chi connectivity index (χ1) is 53.4. The Bertz CT molecular complexity index is 2750. The molecule has 0 aliphatic carbocycles. The Morgan fingerprint density at radius 2 is 1.12 bits per heavy atom. The Balaban J connectivity index is 0. The Morgan fingerprint density at radius 1 is 0.616 bits per heavy atom. The van der Waals surface area contributed by atoms with E-state index in [4.69, 9.17) is 60.0 Å². The second kappa shape index (κ2) is 62.5. The van der Waals surface area contributed by atoms with Crippen LogP contribution in [0.15, 0.2) is 72.3 Å². The largest absolute Gasteiger partial charge is 1.00 e. The van der Waals surface area contributed by atoms with E-state index in [9.17, 15) is 79.5 Å². The number of ether oxygens (including phenoxy) is 5. The topological polar surface area (TPSA) is 522 Å². The number of carbonyl (C=O) groups excluding carboxylic acids is 5. The first kappa shape index (κ1) is 106. The normalized spacial score (nSPS) is 25.9. The van der Waals surface area contributed by atoms with Crippen LogP contribution in [0.3, 0.4) is 0 Å². The molecule has 5 rings (SSSR count). The number of hydrogen-bond donors (Lipinski definition) is 16. The molecule has 16 N–H and O–H groups in total. The summed E-state index contributed by atoms with van der Waals surface area (Å²) < 4.78 is 24.7. The predicted octanol–water partition coefficient (Wildman–Crippen LogP) is 8.20. The summed E-state index contributed by atoms with van der Waals surface area (Å²) >= 11 is 0. The molecule has 5 aliphatic heterocycles. The molecule has 0 aromatic rings. The molecule has 0 radical (unpaired) electrons. The van der Waals surface area contributed by atoms with E-state index in [1.54, 1.807) is 0 Å². The molecule has 30 nitrogen and oxygen atoms in total.